The van der Waals surface area contributed by atoms with E-state index in [1.807, 2.05) is 0 Å². The summed E-state index contributed by atoms with van der Waals surface area (Å²) in [6, 6.07) is 25.0. The summed E-state index contributed by atoms with van der Waals surface area (Å²) in [6.07, 6.45) is 14.0. The van der Waals surface area contributed by atoms with E-state index in [0.29, 0.717) is 11.3 Å². The van der Waals surface area contributed by atoms with Crippen LogP contribution in [0.25, 0.3) is 32.7 Å². The molecule has 0 spiro atoms. The molecule has 0 heterocycles. The second-order valence-electron chi connectivity index (χ2n) is 20.8. The molecule has 60 heavy (non-hydrogen) atoms. The molecule has 0 amide bonds. The Kier molecular flexibility index (Phi) is 14.8. The van der Waals surface area contributed by atoms with Crippen molar-refractivity contribution in [3.8, 4) is 0 Å². The average molecular weight is 923 g/mol. The molecule has 8 rings (SSSR count). The summed E-state index contributed by atoms with van der Waals surface area (Å²) in [5.74, 6) is 0.0853. The van der Waals surface area contributed by atoms with Crippen LogP contribution >= 0.6 is 0 Å². The fourth-order valence-electron chi connectivity index (χ4n) is 8.50. The van der Waals surface area contributed by atoms with Crippen molar-refractivity contribution in [3.05, 3.63) is 160 Å². The van der Waals surface area contributed by atoms with E-state index in [2.05, 4.69) is 158 Å². The topological polar surface area (TPSA) is 0 Å². The van der Waals surface area contributed by atoms with Crippen molar-refractivity contribution in [1.29, 1.82) is 0 Å². The number of fused-ring (bicyclic) bond motifs is 5. The van der Waals surface area contributed by atoms with Gasteiger partial charge in [-0.15, -0.1) is 39.7 Å². The van der Waals surface area contributed by atoms with Gasteiger partial charge in [0.15, 0.2) is 0 Å². The van der Waals surface area contributed by atoms with Gasteiger partial charge in [0.25, 0.3) is 0 Å². The molecule has 316 valence electrons. The van der Waals surface area contributed by atoms with Gasteiger partial charge in [-0.1, -0.05) is 150 Å². The van der Waals surface area contributed by atoms with E-state index >= 15 is 0 Å². The molecule has 0 saturated carbocycles. The maximum atomic E-state index is 12.8. The molecule has 5 aromatic carbocycles. The minimum atomic E-state index is -0.244. The normalized spacial score (nSPS) is 17.2. The van der Waals surface area contributed by atoms with Gasteiger partial charge in [-0.3, -0.25) is 6.08 Å². The van der Waals surface area contributed by atoms with Gasteiger partial charge in [-0.2, -0.15) is 11.6 Å². The van der Waals surface area contributed by atoms with Crippen LogP contribution in [-0.4, -0.2) is 3.21 Å². The second-order valence-corrected chi connectivity index (χ2v) is 22.0. The standard InChI is InChI=1S/C31H37.C13H8F2.C11H17.2ClH.Zr/c1-28(2,3)26-16-30(7,8)24-12-18-11-19-13-25-23(15-21(19)20(18)14-22(24)26)27(29(4,5)6)17-31(25,9)10;14-12-5-1-10(2-6-12)9-11-3-7-13(15)8-4-11;1-5-9-6-7-10(8-9)11(2,3)4;;;/h11-17H,1-10H3;1-8H;7-9H,5H2,1-4H3;2*1H;/q-1;;-1;;;+2/p-2. The molecule has 0 fully saturated rings. The Balaban J connectivity index is 0.000000229. The van der Waals surface area contributed by atoms with Crippen molar-refractivity contribution in [2.45, 2.75) is 114 Å². The molecule has 1 atom stereocenters. The third-order valence-corrected chi connectivity index (χ3v) is 13.4. The molecule has 1 unspecified atom stereocenters. The molecule has 0 N–H and O–H groups in total. The number of halogens is 4. The molecule has 3 aliphatic carbocycles. The van der Waals surface area contributed by atoms with Crippen LogP contribution in [0.5, 0.6) is 0 Å². The summed E-state index contributed by atoms with van der Waals surface area (Å²) in [7, 11) is 0. The van der Waals surface area contributed by atoms with E-state index in [9.17, 15) is 8.78 Å². The third kappa shape index (κ3) is 10.4. The number of allylic oxidation sites excluding steroid dienone is 8. The molecular formula is C55H62Cl2F2Zr-2. The minimum Gasteiger partial charge on any atom is -1.00 e. The van der Waals surface area contributed by atoms with E-state index in [1.165, 1.54) is 115 Å². The van der Waals surface area contributed by atoms with Crippen LogP contribution in [0.4, 0.5) is 8.78 Å². The summed E-state index contributed by atoms with van der Waals surface area (Å²) < 4.78 is 26.6. The van der Waals surface area contributed by atoms with Crippen LogP contribution < -0.4 is 24.8 Å². The molecule has 5 aromatic rings. The van der Waals surface area contributed by atoms with Gasteiger partial charge in [0.1, 0.15) is 0 Å². The van der Waals surface area contributed by atoms with Gasteiger partial charge in [0.05, 0.1) is 0 Å². The van der Waals surface area contributed by atoms with Gasteiger partial charge in [-0.05, 0) is 33.1 Å². The molecule has 0 aromatic heterocycles. The van der Waals surface area contributed by atoms with Gasteiger partial charge in [-0.25, -0.2) is 6.08 Å². The molecule has 3 aliphatic rings. The van der Waals surface area contributed by atoms with E-state index in [1.54, 1.807) is 24.3 Å². The summed E-state index contributed by atoms with van der Waals surface area (Å²) in [5.41, 5.74) is 13.0. The first-order valence-electron chi connectivity index (χ1n) is 20.9. The molecule has 0 bridgehead atoms. The van der Waals surface area contributed by atoms with Gasteiger partial charge in [0.2, 0.25) is 0 Å². The van der Waals surface area contributed by atoms with Crippen molar-refractivity contribution in [1.82, 2.24) is 0 Å². The van der Waals surface area contributed by atoms with Gasteiger partial charge >= 0.3 is 108 Å². The van der Waals surface area contributed by atoms with Crippen LogP contribution in [0.15, 0.2) is 109 Å². The van der Waals surface area contributed by atoms with Crippen LogP contribution in [0.2, 0.25) is 0 Å². The number of hydrogen-bond donors (Lipinski definition) is 0. The Hall–Kier alpha value is -3.10. The zero-order chi connectivity index (χ0) is 42.7. The third-order valence-electron chi connectivity index (χ3n) is 12.0. The van der Waals surface area contributed by atoms with Gasteiger partial charge < -0.3 is 24.8 Å². The van der Waals surface area contributed by atoms with Crippen molar-refractivity contribution in [2.75, 3.05) is 0 Å². The van der Waals surface area contributed by atoms with E-state index in [4.69, 9.17) is 0 Å². The van der Waals surface area contributed by atoms with E-state index in [0.717, 1.165) is 14.3 Å². The number of hydrogen-bond acceptors (Lipinski definition) is 0. The fourth-order valence-corrected chi connectivity index (χ4v) is 9.32. The molecule has 5 heteroatoms. The summed E-state index contributed by atoms with van der Waals surface area (Å²) in [6.45, 7) is 32.4. The quantitative estimate of drug-likeness (QED) is 0.158. The Bertz CT molecular complexity index is 2350. The van der Waals surface area contributed by atoms with Crippen LogP contribution in [0.1, 0.15) is 137 Å². The first-order valence-corrected chi connectivity index (χ1v) is 22.1. The predicted octanol–water partition coefficient (Wildman–Crippen LogP) is 9.60. The fraction of sp³-hybridized carbons (Fsp3) is 0.382. The Morgan fingerprint density at radius 2 is 1.02 bits per heavy atom. The SMILES string of the molecule is CC(C)(C)C1=CC(C)(C)c2cc3[cH-]c4cc5c(cc4c3cc21)C(C(C)(C)C)=CC5(C)C.CCC1[C-]=CC(C(C)(C)C)=C1.Fc1ccc([C](=[Zr+2])c2ccc(F)cc2)cc1.[Cl-].[Cl-]. The largest absolute Gasteiger partial charge is 1.00 e. The zero-order valence-corrected chi connectivity index (χ0v) is 42.1. The zero-order valence-electron chi connectivity index (χ0n) is 38.1. The molecule has 0 radical (unpaired) electrons. The molecule has 0 nitrogen and oxygen atoms in total. The van der Waals surface area contributed by atoms with E-state index < -0.39 is 0 Å². The van der Waals surface area contributed by atoms with Crippen molar-refractivity contribution in [3.63, 3.8) is 0 Å². The Morgan fingerprint density at radius 1 is 0.633 bits per heavy atom. The second kappa shape index (κ2) is 17.9. The Morgan fingerprint density at radius 3 is 1.32 bits per heavy atom. The number of rotatable bonds is 3. The van der Waals surface area contributed by atoms with Crippen LogP contribution in [0, 0.1) is 39.9 Å². The molecule has 0 saturated heterocycles. The average Bonchev–Trinajstić information content (AvgIpc) is 3.89. The first-order chi connectivity index (χ1) is 26.8. The monoisotopic (exact) mass is 920 g/mol. The minimum absolute atomic E-state index is 0. The predicted molar refractivity (Wildman–Crippen MR) is 243 cm³/mol. The van der Waals surface area contributed by atoms with Crippen molar-refractivity contribution < 1.29 is 57.8 Å². The van der Waals surface area contributed by atoms with Crippen LogP contribution in [0.3, 0.4) is 0 Å². The Labute approximate surface area is 387 Å². The molecular weight excluding hydrogens is 861 g/mol. The van der Waals surface area contributed by atoms with E-state index in [-0.39, 0.29) is 58.1 Å². The summed E-state index contributed by atoms with van der Waals surface area (Å²) in [4.78, 5) is 0. The van der Waals surface area contributed by atoms with Gasteiger partial charge in [0, 0.05) is 10.8 Å². The van der Waals surface area contributed by atoms with Crippen molar-refractivity contribution >= 4 is 35.9 Å². The first kappa shape index (κ1) is 49.6. The number of benzene rings is 4. The maximum absolute atomic E-state index is 12.8. The van der Waals surface area contributed by atoms with Crippen LogP contribution in [-0.2, 0) is 35.1 Å². The summed E-state index contributed by atoms with van der Waals surface area (Å²) in [5, 5.41) is 5.58. The maximum Gasteiger partial charge on any atom is -1.00 e. The van der Waals surface area contributed by atoms with Crippen molar-refractivity contribution in [2.24, 2.45) is 22.2 Å². The molecule has 0 aliphatic heterocycles. The summed E-state index contributed by atoms with van der Waals surface area (Å²) >= 11 is 1.22. The smallest absolute Gasteiger partial charge is 1.00 e.